The molecule has 0 atom stereocenters. The average molecular weight is 245 g/mol. The third-order valence-electron chi connectivity index (χ3n) is 2.04. The van der Waals surface area contributed by atoms with Crippen LogP contribution in [-0.2, 0) is 11.3 Å². The minimum atomic E-state index is -0.479. The summed E-state index contributed by atoms with van der Waals surface area (Å²) < 4.78 is 13.4. The van der Waals surface area contributed by atoms with Crippen molar-refractivity contribution in [2.75, 3.05) is 13.1 Å². The molecule has 1 aromatic rings. The average Bonchev–Trinajstić information content (AvgIpc) is 2.28. The first-order chi connectivity index (χ1) is 7.65. The van der Waals surface area contributed by atoms with E-state index in [1.807, 2.05) is 6.92 Å². The maximum Gasteiger partial charge on any atom is 0.234 e. The minimum Gasteiger partial charge on any atom is -0.351 e. The number of nitrogens with one attached hydrogen (secondary N) is 2. The van der Waals surface area contributed by atoms with Crippen molar-refractivity contribution in [3.63, 3.8) is 0 Å². The molecule has 1 aromatic carbocycles. The van der Waals surface area contributed by atoms with Crippen molar-refractivity contribution in [1.82, 2.24) is 10.6 Å². The molecule has 0 aliphatic heterocycles. The molecule has 0 fully saturated rings. The number of benzene rings is 1. The van der Waals surface area contributed by atoms with Gasteiger partial charge in [-0.2, -0.15) is 0 Å². The molecule has 2 N–H and O–H groups in total. The fraction of sp³-hybridized carbons (Fsp3) is 0.364. The third-order valence-corrected chi connectivity index (χ3v) is 2.34. The van der Waals surface area contributed by atoms with Crippen LogP contribution in [0.25, 0.3) is 0 Å². The van der Waals surface area contributed by atoms with E-state index in [0.29, 0.717) is 5.56 Å². The van der Waals surface area contributed by atoms with Gasteiger partial charge in [0, 0.05) is 12.1 Å². The second-order valence-corrected chi connectivity index (χ2v) is 3.68. The van der Waals surface area contributed by atoms with Crippen LogP contribution in [0.15, 0.2) is 18.2 Å². The van der Waals surface area contributed by atoms with Crippen LogP contribution in [0.1, 0.15) is 12.5 Å². The third kappa shape index (κ3) is 3.79. The smallest absolute Gasteiger partial charge is 0.234 e. The van der Waals surface area contributed by atoms with E-state index >= 15 is 0 Å². The molecule has 1 rings (SSSR count). The van der Waals surface area contributed by atoms with Gasteiger partial charge in [0.2, 0.25) is 5.91 Å². The summed E-state index contributed by atoms with van der Waals surface area (Å²) in [6.45, 7) is 3.01. The highest BCUT2D eigenvalue weighted by Crippen LogP contribution is 2.17. The molecule has 0 saturated carbocycles. The summed E-state index contributed by atoms with van der Waals surface area (Å²) in [7, 11) is 0. The first kappa shape index (κ1) is 12.9. The van der Waals surface area contributed by atoms with Crippen LogP contribution in [-0.4, -0.2) is 19.0 Å². The van der Waals surface area contributed by atoms with Crippen molar-refractivity contribution in [2.24, 2.45) is 0 Å². The highest BCUT2D eigenvalue weighted by atomic mass is 35.5. The molecule has 0 unspecified atom stereocenters. The van der Waals surface area contributed by atoms with Gasteiger partial charge >= 0.3 is 0 Å². The molecule has 16 heavy (non-hydrogen) atoms. The molecule has 0 radical (unpaired) electrons. The highest BCUT2D eigenvalue weighted by molar-refractivity contribution is 6.30. The van der Waals surface area contributed by atoms with Gasteiger partial charge in [-0.3, -0.25) is 4.79 Å². The molecule has 0 aliphatic rings. The fourth-order valence-corrected chi connectivity index (χ4v) is 1.37. The van der Waals surface area contributed by atoms with Crippen LogP contribution in [0.3, 0.4) is 0 Å². The quantitative estimate of drug-likeness (QED) is 0.828. The van der Waals surface area contributed by atoms with Gasteiger partial charge in [-0.05, 0) is 12.6 Å². The zero-order valence-electron chi connectivity index (χ0n) is 9.02. The Morgan fingerprint density at radius 2 is 2.25 bits per heavy atom. The Balaban J connectivity index is 2.48. The first-order valence-electron chi connectivity index (χ1n) is 5.05. The largest absolute Gasteiger partial charge is 0.351 e. The predicted octanol–water partition coefficient (Wildman–Crippen LogP) is 1.70. The molecular formula is C11H14ClFN2O. The van der Waals surface area contributed by atoms with Crippen LogP contribution in [0.2, 0.25) is 5.02 Å². The van der Waals surface area contributed by atoms with E-state index in [9.17, 15) is 9.18 Å². The number of hydrogen-bond donors (Lipinski definition) is 2. The zero-order valence-corrected chi connectivity index (χ0v) is 9.77. The number of rotatable bonds is 5. The van der Waals surface area contributed by atoms with Gasteiger partial charge in [-0.1, -0.05) is 30.7 Å². The lowest BCUT2D eigenvalue weighted by Crippen LogP contribution is -2.33. The van der Waals surface area contributed by atoms with Crippen LogP contribution in [0.4, 0.5) is 4.39 Å². The second-order valence-electron chi connectivity index (χ2n) is 3.27. The maximum absolute atomic E-state index is 13.4. The minimum absolute atomic E-state index is 0.0680. The Hall–Kier alpha value is -1.13. The van der Waals surface area contributed by atoms with Gasteiger partial charge in [0.05, 0.1) is 11.6 Å². The van der Waals surface area contributed by atoms with Crippen LogP contribution < -0.4 is 10.6 Å². The Bertz CT molecular complexity index is 371. The van der Waals surface area contributed by atoms with E-state index in [0.717, 1.165) is 6.54 Å². The summed E-state index contributed by atoms with van der Waals surface area (Å²) in [5, 5.41) is 5.55. The molecule has 88 valence electrons. The monoisotopic (exact) mass is 244 g/mol. The van der Waals surface area contributed by atoms with E-state index in [1.54, 1.807) is 12.1 Å². The van der Waals surface area contributed by atoms with Crippen molar-refractivity contribution in [1.29, 1.82) is 0 Å². The number of carbonyl (C=O) groups excluding carboxylic acids is 1. The second kappa shape index (κ2) is 6.45. The van der Waals surface area contributed by atoms with Crippen LogP contribution in [0.5, 0.6) is 0 Å². The summed E-state index contributed by atoms with van der Waals surface area (Å²) >= 11 is 5.61. The lowest BCUT2D eigenvalue weighted by atomic mass is 10.2. The first-order valence-corrected chi connectivity index (χ1v) is 5.43. The van der Waals surface area contributed by atoms with E-state index in [2.05, 4.69) is 10.6 Å². The Labute approximate surface area is 99.0 Å². The van der Waals surface area contributed by atoms with Crippen LogP contribution >= 0.6 is 11.6 Å². The summed E-state index contributed by atoms with van der Waals surface area (Å²) in [4.78, 5) is 11.2. The Morgan fingerprint density at radius 1 is 1.50 bits per heavy atom. The molecule has 3 nitrogen and oxygen atoms in total. The fourth-order valence-electron chi connectivity index (χ4n) is 1.18. The van der Waals surface area contributed by atoms with Crippen molar-refractivity contribution in [3.8, 4) is 0 Å². The number of carbonyl (C=O) groups is 1. The van der Waals surface area contributed by atoms with E-state index < -0.39 is 5.82 Å². The molecule has 0 bridgehead atoms. The number of likely N-dealkylation sites (N-methyl/N-ethyl adjacent to an activating group) is 1. The van der Waals surface area contributed by atoms with Gasteiger partial charge in [0.25, 0.3) is 0 Å². The number of halogens is 2. The molecule has 1 amide bonds. The van der Waals surface area contributed by atoms with E-state index in [1.165, 1.54) is 6.07 Å². The molecule has 0 heterocycles. The van der Waals surface area contributed by atoms with Gasteiger partial charge in [0.15, 0.2) is 0 Å². The highest BCUT2D eigenvalue weighted by Gasteiger charge is 2.07. The predicted molar refractivity (Wildman–Crippen MR) is 61.8 cm³/mol. The zero-order chi connectivity index (χ0) is 12.0. The normalized spacial score (nSPS) is 10.2. The van der Waals surface area contributed by atoms with Gasteiger partial charge in [0.1, 0.15) is 5.82 Å². The molecule has 5 heteroatoms. The van der Waals surface area contributed by atoms with Gasteiger partial charge < -0.3 is 10.6 Å². The van der Waals surface area contributed by atoms with E-state index in [-0.39, 0.29) is 24.0 Å². The van der Waals surface area contributed by atoms with E-state index in [4.69, 9.17) is 11.6 Å². The molecule has 0 saturated heterocycles. The lowest BCUT2D eigenvalue weighted by Gasteiger charge is -2.07. The maximum atomic E-state index is 13.4. The topological polar surface area (TPSA) is 41.1 Å². The van der Waals surface area contributed by atoms with Crippen molar-refractivity contribution < 1.29 is 9.18 Å². The molecule has 0 spiro atoms. The van der Waals surface area contributed by atoms with Gasteiger partial charge in [-0.15, -0.1) is 0 Å². The summed E-state index contributed by atoms with van der Waals surface area (Å²) in [5.74, 6) is -0.644. The lowest BCUT2D eigenvalue weighted by molar-refractivity contribution is -0.120. The number of hydrogen-bond acceptors (Lipinski definition) is 2. The van der Waals surface area contributed by atoms with Crippen LogP contribution in [0, 0.1) is 5.82 Å². The Morgan fingerprint density at radius 3 is 2.94 bits per heavy atom. The van der Waals surface area contributed by atoms with Crippen molar-refractivity contribution in [2.45, 2.75) is 13.5 Å². The van der Waals surface area contributed by atoms with Gasteiger partial charge in [-0.25, -0.2) is 4.39 Å². The van der Waals surface area contributed by atoms with Crippen molar-refractivity contribution in [3.05, 3.63) is 34.6 Å². The molecule has 0 aliphatic carbocycles. The Kier molecular flexibility index (Phi) is 5.22. The summed E-state index contributed by atoms with van der Waals surface area (Å²) in [6, 6.07) is 4.72. The molecule has 0 aromatic heterocycles. The summed E-state index contributed by atoms with van der Waals surface area (Å²) in [6.07, 6.45) is 0. The SMILES string of the molecule is CCNCC(=O)NCc1cccc(Cl)c1F. The number of amides is 1. The standard InChI is InChI=1S/C11H14ClFN2O/c1-2-14-7-10(16)15-6-8-4-3-5-9(12)11(8)13/h3-5,14H,2,6-7H2,1H3,(H,15,16). The molecular weight excluding hydrogens is 231 g/mol. The van der Waals surface area contributed by atoms with Crippen molar-refractivity contribution >= 4 is 17.5 Å². The summed E-state index contributed by atoms with van der Waals surface area (Å²) in [5.41, 5.74) is 0.386.